The predicted octanol–water partition coefficient (Wildman–Crippen LogP) is 4.07. The summed E-state index contributed by atoms with van der Waals surface area (Å²) >= 11 is 7.20. The lowest BCUT2D eigenvalue weighted by Gasteiger charge is -2.05. The quantitative estimate of drug-likeness (QED) is 0.765. The minimum atomic E-state index is -1.05. The summed E-state index contributed by atoms with van der Waals surface area (Å²) in [5, 5.41) is 10.1. The molecule has 2 aromatic carbocycles. The van der Waals surface area contributed by atoms with Crippen LogP contribution in [0.4, 0.5) is 0 Å². The van der Waals surface area contributed by atoms with Crippen LogP contribution in [0.15, 0.2) is 52.5 Å². The van der Waals surface area contributed by atoms with Gasteiger partial charge in [-0.15, -0.1) is 0 Å². The van der Waals surface area contributed by atoms with Gasteiger partial charge in [0.25, 0.3) is 0 Å². The molecule has 0 atom stereocenters. The van der Waals surface area contributed by atoms with Crippen molar-refractivity contribution in [1.29, 1.82) is 0 Å². The van der Waals surface area contributed by atoms with Gasteiger partial charge in [0, 0.05) is 4.90 Å². The molecule has 100 valence electrons. The number of fused-ring (bicyclic) bond motifs is 1. The molecule has 0 amide bonds. The Hall–Kier alpha value is -1.98. The number of aromatic carboxylic acids is 1. The minimum Gasteiger partial charge on any atom is -0.478 e. The van der Waals surface area contributed by atoms with Gasteiger partial charge in [0.2, 0.25) is 0 Å². The van der Waals surface area contributed by atoms with Crippen molar-refractivity contribution in [3.05, 3.63) is 53.1 Å². The maximum atomic E-state index is 11.3. The zero-order valence-corrected chi connectivity index (χ0v) is 11.7. The topological polar surface area (TPSA) is 66.0 Å². The summed E-state index contributed by atoms with van der Waals surface area (Å²) < 4.78 is 0. The maximum absolute atomic E-state index is 11.3. The molecule has 0 spiro atoms. The number of benzene rings is 2. The molecule has 4 nitrogen and oxygen atoms in total. The third-order valence-corrected chi connectivity index (χ3v) is 4.03. The standard InChI is InChI=1S/C14H9ClN2O2S/c15-8-4-3-7-11(12(8)13(18)19)20-14-16-9-5-1-2-6-10(9)17-14/h1-7H,(H,16,17)(H,18,19). The molecule has 0 aliphatic heterocycles. The maximum Gasteiger partial charge on any atom is 0.338 e. The molecule has 0 saturated heterocycles. The Labute approximate surface area is 123 Å². The van der Waals surface area contributed by atoms with Crippen molar-refractivity contribution in [2.45, 2.75) is 10.1 Å². The van der Waals surface area contributed by atoms with Gasteiger partial charge < -0.3 is 10.1 Å². The first-order valence-electron chi connectivity index (χ1n) is 5.79. The number of imidazole rings is 1. The van der Waals surface area contributed by atoms with Gasteiger partial charge in [0.05, 0.1) is 21.6 Å². The normalized spacial score (nSPS) is 10.8. The molecule has 0 aliphatic carbocycles. The van der Waals surface area contributed by atoms with Crippen LogP contribution in [-0.4, -0.2) is 21.0 Å². The molecule has 0 saturated carbocycles. The summed E-state index contributed by atoms with van der Waals surface area (Å²) in [6, 6.07) is 12.6. The third kappa shape index (κ3) is 2.37. The van der Waals surface area contributed by atoms with Gasteiger partial charge in [-0.25, -0.2) is 9.78 Å². The number of carbonyl (C=O) groups is 1. The van der Waals surface area contributed by atoms with E-state index in [2.05, 4.69) is 9.97 Å². The molecule has 6 heteroatoms. The van der Waals surface area contributed by atoms with E-state index in [9.17, 15) is 9.90 Å². The van der Waals surface area contributed by atoms with Crippen LogP contribution >= 0.6 is 23.4 Å². The summed E-state index contributed by atoms with van der Waals surface area (Å²) in [4.78, 5) is 19.4. The number of halogens is 1. The molecule has 0 aliphatic rings. The van der Waals surface area contributed by atoms with Crippen LogP contribution in [0, 0.1) is 0 Å². The molecule has 1 aromatic heterocycles. The van der Waals surface area contributed by atoms with Gasteiger partial charge in [-0.05, 0) is 24.3 Å². The number of hydrogen-bond acceptors (Lipinski definition) is 3. The molecule has 1 heterocycles. The first kappa shape index (κ1) is 13.0. The Morgan fingerprint density at radius 2 is 2.00 bits per heavy atom. The van der Waals surface area contributed by atoms with E-state index >= 15 is 0 Å². The van der Waals surface area contributed by atoms with Crippen LogP contribution in [0.1, 0.15) is 10.4 Å². The fourth-order valence-corrected chi connectivity index (χ4v) is 3.15. The van der Waals surface area contributed by atoms with Gasteiger partial charge in [-0.1, -0.05) is 41.6 Å². The molecular formula is C14H9ClN2O2S. The fourth-order valence-electron chi connectivity index (χ4n) is 1.88. The number of rotatable bonds is 3. The lowest BCUT2D eigenvalue weighted by atomic mass is 10.2. The Morgan fingerprint density at radius 1 is 1.20 bits per heavy atom. The predicted molar refractivity (Wildman–Crippen MR) is 78.6 cm³/mol. The zero-order chi connectivity index (χ0) is 14.1. The molecular weight excluding hydrogens is 296 g/mol. The Morgan fingerprint density at radius 3 is 2.75 bits per heavy atom. The molecule has 0 bridgehead atoms. The molecule has 2 N–H and O–H groups in total. The highest BCUT2D eigenvalue weighted by Crippen LogP contribution is 2.33. The summed E-state index contributed by atoms with van der Waals surface area (Å²) in [5.41, 5.74) is 1.85. The number of carboxylic acids is 1. The van der Waals surface area contributed by atoms with Gasteiger partial charge in [0.1, 0.15) is 0 Å². The van der Waals surface area contributed by atoms with Crippen molar-refractivity contribution in [3.63, 3.8) is 0 Å². The van der Waals surface area contributed by atoms with E-state index in [4.69, 9.17) is 11.6 Å². The molecule has 20 heavy (non-hydrogen) atoms. The van der Waals surface area contributed by atoms with Crippen molar-refractivity contribution in [3.8, 4) is 0 Å². The Balaban J connectivity index is 2.02. The summed E-state index contributed by atoms with van der Waals surface area (Å²) in [6.07, 6.45) is 0. The van der Waals surface area contributed by atoms with Gasteiger partial charge in [0.15, 0.2) is 5.16 Å². The Kier molecular flexibility index (Phi) is 3.38. The van der Waals surface area contributed by atoms with Crippen molar-refractivity contribution >= 4 is 40.4 Å². The van der Waals surface area contributed by atoms with Gasteiger partial charge >= 0.3 is 5.97 Å². The van der Waals surface area contributed by atoms with Gasteiger partial charge in [-0.3, -0.25) is 0 Å². The largest absolute Gasteiger partial charge is 0.478 e. The number of H-pyrrole nitrogens is 1. The fraction of sp³-hybridized carbons (Fsp3) is 0. The number of aromatic amines is 1. The van der Waals surface area contributed by atoms with Crippen LogP contribution in [0.5, 0.6) is 0 Å². The van der Waals surface area contributed by atoms with E-state index < -0.39 is 5.97 Å². The third-order valence-electron chi connectivity index (χ3n) is 2.76. The highest BCUT2D eigenvalue weighted by Gasteiger charge is 2.16. The molecule has 0 radical (unpaired) electrons. The smallest absolute Gasteiger partial charge is 0.338 e. The summed E-state index contributed by atoms with van der Waals surface area (Å²) in [5.74, 6) is -1.05. The zero-order valence-electron chi connectivity index (χ0n) is 10.1. The van der Waals surface area contributed by atoms with Crippen LogP contribution in [0.3, 0.4) is 0 Å². The monoisotopic (exact) mass is 304 g/mol. The second-order valence-electron chi connectivity index (χ2n) is 4.08. The van der Waals surface area contributed by atoms with E-state index in [0.29, 0.717) is 10.1 Å². The average Bonchev–Trinajstić information content (AvgIpc) is 2.80. The lowest BCUT2D eigenvalue weighted by molar-refractivity contribution is 0.0693. The highest BCUT2D eigenvalue weighted by atomic mass is 35.5. The number of para-hydroxylation sites is 2. The number of nitrogens with zero attached hydrogens (tertiary/aromatic N) is 1. The second kappa shape index (κ2) is 5.19. The molecule has 0 unspecified atom stereocenters. The number of aromatic nitrogens is 2. The summed E-state index contributed by atoms with van der Waals surface area (Å²) in [6.45, 7) is 0. The van der Waals surface area contributed by atoms with E-state index in [0.717, 1.165) is 11.0 Å². The van der Waals surface area contributed by atoms with E-state index in [1.54, 1.807) is 18.2 Å². The van der Waals surface area contributed by atoms with Crippen LogP contribution in [-0.2, 0) is 0 Å². The SMILES string of the molecule is O=C(O)c1c(Cl)cccc1Sc1nc2ccccc2[nH]1. The molecule has 3 rings (SSSR count). The first-order chi connectivity index (χ1) is 9.65. The van der Waals surface area contributed by atoms with E-state index in [-0.39, 0.29) is 10.6 Å². The average molecular weight is 305 g/mol. The number of hydrogen-bond donors (Lipinski definition) is 2. The molecule has 3 aromatic rings. The van der Waals surface area contributed by atoms with E-state index in [1.165, 1.54) is 11.8 Å². The van der Waals surface area contributed by atoms with Gasteiger partial charge in [-0.2, -0.15) is 0 Å². The number of carboxylic acid groups (broad SMARTS) is 1. The summed E-state index contributed by atoms with van der Waals surface area (Å²) in [7, 11) is 0. The van der Waals surface area contributed by atoms with Crippen molar-refractivity contribution in [1.82, 2.24) is 9.97 Å². The van der Waals surface area contributed by atoms with E-state index in [1.807, 2.05) is 24.3 Å². The van der Waals surface area contributed by atoms with Crippen LogP contribution in [0.2, 0.25) is 5.02 Å². The van der Waals surface area contributed by atoms with Crippen molar-refractivity contribution < 1.29 is 9.90 Å². The minimum absolute atomic E-state index is 0.0969. The number of nitrogens with one attached hydrogen (secondary N) is 1. The highest BCUT2D eigenvalue weighted by molar-refractivity contribution is 7.99. The van der Waals surface area contributed by atoms with Crippen molar-refractivity contribution in [2.24, 2.45) is 0 Å². The lowest BCUT2D eigenvalue weighted by Crippen LogP contribution is -1.99. The first-order valence-corrected chi connectivity index (χ1v) is 6.99. The van der Waals surface area contributed by atoms with Crippen LogP contribution < -0.4 is 0 Å². The van der Waals surface area contributed by atoms with Crippen LogP contribution in [0.25, 0.3) is 11.0 Å². The molecule has 0 fully saturated rings. The second-order valence-corrected chi connectivity index (χ2v) is 5.52. The Bertz CT molecular complexity index is 768. The van der Waals surface area contributed by atoms with Crippen molar-refractivity contribution in [2.75, 3.05) is 0 Å².